The van der Waals surface area contributed by atoms with E-state index in [1.165, 1.54) is 6.92 Å². The van der Waals surface area contributed by atoms with Crippen LogP contribution in [0.1, 0.15) is 34.1 Å². The summed E-state index contributed by atoms with van der Waals surface area (Å²) in [7, 11) is -1.75. The fourth-order valence-electron chi connectivity index (χ4n) is 1.08. The lowest BCUT2D eigenvalue weighted by Gasteiger charge is -2.17. The summed E-state index contributed by atoms with van der Waals surface area (Å²) in [6, 6.07) is 0. The molecule has 3 unspecified atom stereocenters. The van der Waals surface area contributed by atoms with Crippen molar-refractivity contribution in [2.24, 2.45) is 0 Å². The van der Waals surface area contributed by atoms with Crippen LogP contribution < -0.4 is 0 Å². The van der Waals surface area contributed by atoms with Crippen molar-refractivity contribution in [3.63, 3.8) is 0 Å². The first-order valence-electron chi connectivity index (χ1n) is 5.13. The van der Waals surface area contributed by atoms with Gasteiger partial charge in [0.2, 0.25) is 0 Å². The van der Waals surface area contributed by atoms with Crippen molar-refractivity contribution < 1.29 is 23.6 Å². The number of ether oxygens (including phenoxy) is 1. The molecule has 1 N–H and O–H groups in total. The monoisotopic (exact) mass is 250 g/mol. The molecule has 16 heavy (non-hydrogen) atoms. The fourth-order valence-corrected chi connectivity index (χ4v) is 2.35. The van der Waals surface area contributed by atoms with Crippen LogP contribution in [0.4, 0.5) is 0 Å². The Morgan fingerprint density at radius 3 is 2.12 bits per heavy atom. The molecule has 0 fully saturated rings. The third kappa shape index (κ3) is 4.30. The second-order valence-corrected chi connectivity index (χ2v) is 5.62. The zero-order valence-electron chi connectivity index (χ0n) is 9.93. The molecule has 0 aromatic rings. The average Bonchev–Trinajstić information content (AvgIpc) is 2.16. The van der Waals surface area contributed by atoms with E-state index in [1.54, 1.807) is 20.8 Å². The number of rotatable bonds is 6. The predicted octanol–water partition coefficient (Wildman–Crippen LogP) is 0.938. The summed E-state index contributed by atoms with van der Waals surface area (Å²) in [5.74, 6) is -1.77. The van der Waals surface area contributed by atoms with Crippen LogP contribution in [-0.4, -0.2) is 37.9 Å². The van der Waals surface area contributed by atoms with Crippen molar-refractivity contribution in [2.45, 2.75) is 50.7 Å². The molecule has 0 aromatic heterocycles. The minimum absolute atomic E-state index is 0.293. The number of carboxylic acids is 1. The fraction of sp³-hybridized carbons (Fsp3) is 0.800. The van der Waals surface area contributed by atoms with Crippen molar-refractivity contribution in [3.8, 4) is 0 Å². The van der Waals surface area contributed by atoms with E-state index in [-0.39, 0.29) is 6.10 Å². The minimum Gasteiger partial charge on any atom is -0.480 e. The number of carbonyl (C=O) groups is 2. The van der Waals surface area contributed by atoms with Crippen LogP contribution in [0.15, 0.2) is 0 Å². The van der Waals surface area contributed by atoms with Crippen molar-refractivity contribution >= 4 is 22.7 Å². The van der Waals surface area contributed by atoms with Gasteiger partial charge in [-0.3, -0.25) is 13.8 Å². The molecule has 0 aromatic carbocycles. The maximum atomic E-state index is 11.8. The summed E-state index contributed by atoms with van der Waals surface area (Å²) in [6.07, 6.45) is 0.00849. The molecular formula is C10H18O5S. The first kappa shape index (κ1) is 15.1. The van der Waals surface area contributed by atoms with Crippen LogP contribution in [0.25, 0.3) is 0 Å². The van der Waals surface area contributed by atoms with Crippen LogP contribution in [0, 0.1) is 0 Å². The zero-order valence-corrected chi connectivity index (χ0v) is 10.7. The summed E-state index contributed by atoms with van der Waals surface area (Å²) in [6.45, 7) is 6.38. The molecule has 0 heterocycles. The quantitative estimate of drug-likeness (QED) is 0.709. The normalized spacial score (nSPS) is 16.6. The van der Waals surface area contributed by atoms with E-state index < -0.39 is 33.2 Å². The number of hydrogen-bond donors (Lipinski definition) is 1. The highest BCUT2D eigenvalue weighted by Gasteiger charge is 2.32. The highest BCUT2D eigenvalue weighted by molar-refractivity contribution is 7.87. The summed E-state index contributed by atoms with van der Waals surface area (Å²) >= 11 is 0. The lowest BCUT2D eigenvalue weighted by atomic mass is 10.3. The Bertz CT molecular complexity index is 287. The van der Waals surface area contributed by atoms with Gasteiger partial charge in [-0.15, -0.1) is 0 Å². The smallest absolute Gasteiger partial charge is 0.321 e. The molecular weight excluding hydrogens is 232 g/mol. The third-order valence-electron chi connectivity index (χ3n) is 1.96. The van der Waals surface area contributed by atoms with Gasteiger partial charge >= 0.3 is 11.9 Å². The van der Waals surface area contributed by atoms with Gasteiger partial charge in [0.1, 0.15) is 10.5 Å². The van der Waals surface area contributed by atoms with Gasteiger partial charge in [-0.1, -0.05) is 6.92 Å². The lowest BCUT2D eigenvalue weighted by molar-refractivity contribution is -0.146. The lowest BCUT2D eigenvalue weighted by Crippen LogP contribution is -2.36. The summed E-state index contributed by atoms with van der Waals surface area (Å²) < 4.78 is 16.7. The topological polar surface area (TPSA) is 80.7 Å². The number of hydrogen-bond acceptors (Lipinski definition) is 4. The molecule has 0 saturated carbocycles. The average molecular weight is 250 g/mol. The van der Waals surface area contributed by atoms with Gasteiger partial charge in [0.05, 0.1) is 6.10 Å². The Kier molecular flexibility index (Phi) is 6.25. The Morgan fingerprint density at radius 1 is 1.31 bits per heavy atom. The molecule has 0 bridgehead atoms. The van der Waals surface area contributed by atoms with E-state index in [2.05, 4.69) is 0 Å². The number of esters is 1. The molecule has 3 atom stereocenters. The summed E-state index contributed by atoms with van der Waals surface area (Å²) in [4.78, 5) is 22.2. The molecule has 0 spiro atoms. The van der Waals surface area contributed by atoms with E-state index >= 15 is 0 Å². The number of aliphatic carboxylic acids is 1. The second kappa shape index (κ2) is 6.62. The molecule has 0 aliphatic heterocycles. The summed E-state index contributed by atoms with van der Waals surface area (Å²) in [5.41, 5.74) is 0. The van der Waals surface area contributed by atoms with E-state index in [0.29, 0.717) is 6.42 Å². The predicted molar refractivity (Wildman–Crippen MR) is 60.5 cm³/mol. The molecule has 0 radical (unpaired) electrons. The van der Waals surface area contributed by atoms with Crippen molar-refractivity contribution in [2.75, 3.05) is 0 Å². The van der Waals surface area contributed by atoms with Crippen LogP contribution in [0.3, 0.4) is 0 Å². The first-order chi connectivity index (χ1) is 7.31. The maximum Gasteiger partial charge on any atom is 0.321 e. The van der Waals surface area contributed by atoms with Crippen LogP contribution in [-0.2, 0) is 25.1 Å². The van der Waals surface area contributed by atoms with Gasteiger partial charge in [0, 0.05) is 10.8 Å². The molecule has 0 aliphatic rings. The van der Waals surface area contributed by atoms with Crippen LogP contribution in [0.5, 0.6) is 0 Å². The Morgan fingerprint density at radius 2 is 1.81 bits per heavy atom. The van der Waals surface area contributed by atoms with Crippen molar-refractivity contribution in [1.82, 2.24) is 0 Å². The molecule has 0 amide bonds. The first-order valence-corrected chi connectivity index (χ1v) is 6.41. The highest BCUT2D eigenvalue weighted by Crippen LogP contribution is 2.11. The summed E-state index contributed by atoms with van der Waals surface area (Å²) in [5, 5.41) is 6.78. The van der Waals surface area contributed by atoms with Gasteiger partial charge < -0.3 is 9.84 Å². The van der Waals surface area contributed by atoms with Gasteiger partial charge in [0.25, 0.3) is 0 Å². The van der Waals surface area contributed by atoms with E-state index in [1.807, 2.05) is 0 Å². The molecule has 0 saturated heterocycles. The standard InChI is InChI=1S/C10H18O5S/c1-5-8(10(13)15-6(2)3)16(14)7(4)9(11)12/h6-8H,5H2,1-4H3,(H,11,12). The Balaban J connectivity index is 4.67. The van der Waals surface area contributed by atoms with E-state index in [4.69, 9.17) is 9.84 Å². The van der Waals surface area contributed by atoms with E-state index in [9.17, 15) is 13.8 Å². The second-order valence-electron chi connectivity index (χ2n) is 3.69. The molecule has 94 valence electrons. The minimum atomic E-state index is -1.75. The van der Waals surface area contributed by atoms with Gasteiger partial charge in [-0.25, -0.2) is 0 Å². The Labute approximate surface area is 97.6 Å². The largest absolute Gasteiger partial charge is 0.480 e. The van der Waals surface area contributed by atoms with Crippen LogP contribution in [0.2, 0.25) is 0 Å². The van der Waals surface area contributed by atoms with Crippen LogP contribution >= 0.6 is 0 Å². The zero-order chi connectivity index (χ0) is 12.9. The highest BCUT2D eigenvalue weighted by atomic mass is 32.2. The number of carbonyl (C=O) groups excluding carboxylic acids is 1. The maximum absolute atomic E-state index is 11.8. The molecule has 6 heteroatoms. The third-order valence-corrected chi connectivity index (χ3v) is 3.95. The van der Waals surface area contributed by atoms with Gasteiger partial charge in [-0.2, -0.15) is 0 Å². The van der Waals surface area contributed by atoms with Crippen molar-refractivity contribution in [1.29, 1.82) is 0 Å². The van der Waals surface area contributed by atoms with Crippen molar-refractivity contribution in [3.05, 3.63) is 0 Å². The van der Waals surface area contributed by atoms with E-state index in [0.717, 1.165) is 0 Å². The SMILES string of the molecule is CCC(C(=O)OC(C)C)S(=O)C(C)C(=O)O. The van der Waals surface area contributed by atoms with Gasteiger partial charge in [0.15, 0.2) is 0 Å². The van der Waals surface area contributed by atoms with Gasteiger partial charge in [-0.05, 0) is 27.2 Å². The number of carboxylic acid groups (broad SMARTS) is 1. The molecule has 0 rings (SSSR count). The molecule has 5 nitrogen and oxygen atoms in total. The Hall–Kier alpha value is -0.910. The molecule has 0 aliphatic carbocycles.